The Morgan fingerprint density at radius 3 is 2.77 bits per heavy atom. The molecule has 1 saturated carbocycles. The zero-order chi connectivity index (χ0) is 21.4. The second-order valence-electron chi connectivity index (χ2n) is 8.44. The fourth-order valence-corrected chi connectivity index (χ4v) is 4.69. The van der Waals surface area contributed by atoms with E-state index in [1.165, 1.54) is 0 Å². The molecule has 1 aliphatic carbocycles. The molecule has 3 aromatic rings. The second-order valence-corrected chi connectivity index (χ2v) is 8.44. The lowest BCUT2D eigenvalue weighted by Crippen LogP contribution is -2.49. The van der Waals surface area contributed by atoms with E-state index in [9.17, 15) is 9.90 Å². The number of hydrogen-bond donors (Lipinski definition) is 3. The molecule has 9 nitrogen and oxygen atoms in total. The van der Waals surface area contributed by atoms with Crippen molar-refractivity contribution >= 4 is 34.5 Å². The minimum absolute atomic E-state index is 0.171. The molecule has 1 saturated heterocycles. The van der Waals surface area contributed by atoms with Crippen LogP contribution in [-0.2, 0) is 0 Å². The smallest absolute Gasteiger partial charge is 0.352 e. The Morgan fingerprint density at radius 2 is 2.06 bits per heavy atom. The number of aromatic carboxylic acids is 1. The van der Waals surface area contributed by atoms with Gasteiger partial charge < -0.3 is 25.2 Å². The number of pyridine rings is 1. The minimum Gasteiger partial charge on any atom is -0.477 e. The topological polar surface area (TPSA) is 108 Å². The van der Waals surface area contributed by atoms with Crippen LogP contribution in [0.3, 0.4) is 0 Å². The van der Waals surface area contributed by atoms with Crippen LogP contribution in [0.1, 0.15) is 49.1 Å². The molecule has 4 heterocycles. The molecule has 2 aliphatic rings. The van der Waals surface area contributed by atoms with Crippen molar-refractivity contribution in [1.29, 1.82) is 0 Å². The van der Waals surface area contributed by atoms with E-state index in [1.54, 1.807) is 12.3 Å². The second kappa shape index (κ2) is 8.14. The van der Waals surface area contributed by atoms with Crippen molar-refractivity contribution < 1.29 is 9.90 Å². The van der Waals surface area contributed by atoms with Crippen LogP contribution in [0.25, 0.3) is 11.0 Å². The Balaban J connectivity index is 1.40. The number of piperazine rings is 1. The average Bonchev–Trinajstić information content (AvgIpc) is 3.41. The summed E-state index contributed by atoms with van der Waals surface area (Å²) in [5.74, 6) is 0.139. The zero-order valence-electron chi connectivity index (χ0n) is 17.6. The van der Waals surface area contributed by atoms with Crippen LogP contribution in [0, 0.1) is 0 Å². The van der Waals surface area contributed by atoms with Gasteiger partial charge in [0.1, 0.15) is 17.2 Å². The lowest BCUT2D eigenvalue weighted by Gasteiger charge is -2.33. The normalized spacial score (nSPS) is 19.8. The van der Waals surface area contributed by atoms with Crippen LogP contribution < -0.4 is 15.5 Å². The Hall–Kier alpha value is -3.20. The number of hydrogen-bond acceptors (Lipinski definition) is 7. The van der Waals surface area contributed by atoms with E-state index in [0.29, 0.717) is 23.5 Å². The van der Waals surface area contributed by atoms with E-state index in [2.05, 4.69) is 43.5 Å². The number of fused-ring (bicyclic) bond motifs is 1. The number of aromatic nitrogens is 4. The van der Waals surface area contributed by atoms with E-state index in [0.717, 1.165) is 56.4 Å². The van der Waals surface area contributed by atoms with E-state index in [1.807, 2.05) is 16.8 Å². The third-order valence-corrected chi connectivity index (χ3v) is 6.21. The molecule has 0 bridgehead atoms. The van der Waals surface area contributed by atoms with Gasteiger partial charge in [-0.15, -0.1) is 0 Å². The molecule has 1 aliphatic heterocycles. The lowest BCUT2D eigenvalue weighted by atomic mass is 10.2. The summed E-state index contributed by atoms with van der Waals surface area (Å²) in [5.41, 5.74) is 2.03. The van der Waals surface area contributed by atoms with Crippen molar-refractivity contribution in [1.82, 2.24) is 24.8 Å². The fourth-order valence-electron chi connectivity index (χ4n) is 4.69. The number of anilines is 3. The van der Waals surface area contributed by atoms with Crippen molar-refractivity contribution in [3.8, 4) is 0 Å². The lowest BCUT2D eigenvalue weighted by molar-refractivity contribution is 0.0683. The maximum atomic E-state index is 11.8. The van der Waals surface area contributed by atoms with Crippen molar-refractivity contribution in [2.45, 2.75) is 44.7 Å². The molecule has 0 spiro atoms. The van der Waals surface area contributed by atoms with Gasteiger partial charge >= 0.3 is 5.97 Å². The van der Waals surface area contributed by atoms with Crippen LogP contribution in [0.5, 0.6) is 0 Å². The van der Waals surface area contributed by atoms with Gasteiger partial charge in [0.05, 0.1) is 11.9 Å². The molecule has 0 radical (unpaired) electrons. The largest absolute Gasteiger partial charge is 0.477 e. The summed E-state index contributed by atoms with van der Waals surface area (Å²) in [4.78, 5) is 27.7. The Morgan fingerprint density at radius 1 is 1.23 bits per heavy atom. The monoisotopic (exact) mass is 421 g/mol. The third-order valence-electron chi connectivity index (χ3n) is 6.21. The summed E-state index contributed by atoms with van der Waals surface area (Å²) in [6.07, 6.45) is 7.72. The van der Waals surface area contributed by atoms with Crippen molar-refractivity contribution in [3.63, 3.8) is 0 Å². The molecular formula is C22H27N7O2. The highest BCUT2D eigenvalue weighted by atomic mass is 16.4. The van der Waals surface area contributed by atoms with Gasteiger partial charge in [0.25, 0.3) is 0 Å². The maximum absolute atomic E-state index is 11.8. The van der Waals surface area contributed by atoms with Crippen LogP contribution >= 0.6 is 0 Å². The van der Waals surface area contributed by atoms with Crippen molar-refractivity contribution in [3.05, 3.63) is 36.3 Å². The minimum atomic E-state index is -0.932. The van der Waals surface area contributed by atoms with Gasteiger partial charge in [-0.2, -0.15) is 4.98 Å². The number of carboxylic acid groups (broad SMARTS) is 1. The molecule has 3 N–H and O–H groups in total. The summed E-state index contributed by atoms with van der Waals surface area (Å²) in [6, 6.07) is 6.27. The molecule has 162 valence electrons. The first-order valence-electron chi connectivity index (χ1n) is 10.9. The van der Waals surface area contributed by atoms with Gasteiger partial charge in [-0.1, -0.05) is 12.8 Å². The molecule has 0 unspecified atom stereocenters. The predicted molar refractivity (Wildman–Crippen MR) is 119 cm³/mol. The quantitative estimate of drug-likeness (QED) is 0.576. The average molecular weight is 422 g/mol. The van der Waals surface area contributed by atoms with E-state index in [-0.39, 0.29) is 11.7 Å². The molecule has 0 amide bonds. The first-order valence-corrected chi connectivity index (χ1v) is 10.9. The molecule has 31 heavy (non-hydrogen) atoms. The molecule has 9 heteroatoms. The van der Waals surface area contributed by atoms with Crippen LogP contribution in [0.4, 0.5) is 17.5 Å². The number of carboxylic acids is 1. The van der Waals surface area contributed by atoms with Crippen molar-refractivity contribution in [2.24, 2.45) is 0 Å². The highest BCUT2D eigenvalue weighted by Gasteiger charge is 2.25. The molecule has 0 aromatic carbocycles. The van der Waals surface area contributed by atoms with Gasteiger partial charge in [0.15, 0.2) is 0 Å². The van der Waals surface area contributed by atoms with E-state index in [4.69, 9.17) is 0 Å². The number of rotatable bonds is 5. The third kappa shape index (κ3) is 3.93. The van der Waals surface area contributed by atoms with Gasteiger partial charge in [0, 0.05) is 43.3 Å². The Kier molecular flexibility index (Phi) is 5.19. The molecule has 1 atom stereocenters. The summed E-state index contributed by atoms with van der Waals surface area (Å²) >= 11 is 0. The van der Waals surface area contributed by atoms with Gasteiger partial charge in [-0.25, -0.2) is 14.8 Å². The first-order chi connectivity index (χ1) is 15.1. The van der Waals surface area contributed by atoms with E-state index < -0.39 is 5.97 Å². The highest BCUT2D eigenvalue weighted by Crippen LogP contribution is 2.34. The van der Waals surface area contributed by atoms with Gasteiger partial charge in [-0.05, 0) is 38.0 Å². The highest BCUT2D eigenvalue weighted by molar-refractivity contribution is 5.93. The summed E-state index contributed by atoms with van der Waals surface area (Å²) in [5, 5.41) is 17.0. The van der Waals surface area contributed by atoms with E-state index >= 15 is 0 Å². The Bertz CT molecular complexity index is 1090. The van der Waals surface area contributed by atoms with Crippen molar-refractivity contribution in [2.75, 3.05) is 29.9 Å². The first kappa shape index (κ1) is 19.7. The Labute approximate surface area is 180 Å². The summed E-state index contributed by atoms with van der Waals surface area (Å²) in [6.45, 7) is 5.06. The zero-order valence-corrected chi connectivity index (χ0v) is 17.6. The van der Waals surface area contributed by atoms with Gasteiger partial charge in [-0.3, -0.25) is 0 Å². The number of nitrogens with one attached hydrogen (secondary N) is 2. The SMILES string of the molecule is C[C@H]1CN(c2ccc(Nc3ncc4cc(C(=O)O)n(C5CCCC5)c4n3)nc2)CCN1. The summed E-state index contributed by atoms with van der Waals surface area (Å²) in [7, 11) is 0. The summed E-state index contributed by atoms with van der Waals surface area (Å²) < 4.78 is 1.87. The molecule has 2 fully saturated rings. The molecular weight excluding hydrogens is 394 g/mol. The van der Waals surface area contributed by atoms with Crippen LogP contribution in [0.15, 0.2) is 30.6 Å². The van der Waals surface area contributed by atoms with Gasteiger partial charge in [0.2, 0.25) is 5.95 Å². The predicted octanol–water partition coefficient (Wildman–Crippen LogP) is 3.18. The maximum Gasteiger partial charge on any atom is 0.352 e. The number of carbonyl (C=O) groups is 1. The number of nitrogens with zero attached hydrogens (tertiary/aromatic N) is 5. The standard InChI is InChI=1S/C22H27N7O2/c1-14-13-28(9-8-23-14)17-6-7-19(24-12-17)26-22-25-11-15-10-18(21(30)31)29(20(15)27-22)16-4-2-3-5-16/h6-7,10-12,14,16,23H,2-5,8-9,13H2,1H3,(H,30,31)(H,24,25,26,27)/t14-/m0/s1. The molecule has 5 rings (SSSR count). The van der Waals surface area contributed by atoms with Crippen LogP contribution in [0.2, 0.25) is 0 Å². The fraction of sp³-hybridized carbons (Fsp3) is 0.455. The molecule has 3 aromatic heterocycles. The van der Waals surface area contributed by atoms with Crippen LogP contribution in [-0.4, -0.2) is 56.3 Å².